The smallest absolute Gasteiger partial charge is 0.223 e. The summed E-state index contributed by atoms with van der Waals surface area (Å²) in [6, 6.07) is 6.96. The lowest BCUT2D eigenvalue weighted by Gasteiger charge is -2.31. The van der Waals surface area contributed by atoms with E-state index in [0.717, 1.165) is 49.0 Å². The van der Waals surface area contributed by atoms with E-state index >= 15 is 0 Å². The van der Waals surface area contributed by atoms with Gasteiger partial charge in [-0.25, -0.2) is 4.39 Å². The number of hydrogen-bond acceptors (Lipinski definition) is 3. The van der Waals surface area contributed by atoms with E-state index in [2.05, 4.69) is 10.2 Å². The van der Waals surface area contributed by atoms with Gasteiger partial charge in [0.05, 0.1) is 0 Å². The normalized spacial score (nSPS) is 20.0. The van der Waals surface area contributed by atoms with Crippen molar-refractivity contribution in [1.82, 2.24) is 10.2 Å². The van der Waals surface area contributed by atoms with Crippen molar-refractivity contribution in [3.8, 4) is 0 Å². The maximum absolute atomic E-state index is 13.7. The van der Waals surface area contributed by atoms with Crippen molar-refractivity contribution in [1.29, 1.82) is 0 Å². The Hall–Kier alpha value is -1.07. The van der Waals surface area contributed by atoms with Crippen LogP contribution < -0.4 is 5.32 Å². The lowest BCUT2D eigenvalue weighted by molar-refractivity contribution is -0.126. The van der Waals surface area contributed by atoms with E-state index in [9.17, 15) is 9.18 Å². The first-order valence-corrected chi connectivity index (χ1v) is 10.6. The number of halogens is 1. The quantitative estimate of drug-likeness (QED) is 0.746. The molecule has 1 saturated heterocycles. The molecule has 1 amide bonds. The minimum absolute atomic E-state index is 0.119. The molecular weight excluding hydrogens is 335 g/mol. The van der Waals surface area contributed by atoms with Crippen LogP contribution in [0.5, 0.6) is 0 Å². The first kappa shape index (κ1) is 18.7. The Morgan fingerprint density at radius 2 is 1.88 bits per heavy atom. The molecule has 1 aliphatic heterocycles. The predicted octanol–water partition coefficient (Wildman–Crippen LogP) is 3.83. The van der Waals surface area contributed by atoms with Gasteiger partial charge in [-0.15, -0.1) is 0 Å². The lowest BCUT2D eigenvalue weighted by Crippen LogP contribution is -2.40. The van der Waals surface area contributed by atoms with Crippen LogP contribution in [0.3, 0.4) is 0 Å². The molecule has 0 unspecified atom stereocenters. The van der Waals surface area contributed by atoms with Crippen LogP contribution in [-0.2, 0) is 11.3 Å². The second-order valence-corrected chi connectivity index (χ2v) is 8.62. The molecule has 1 saturated carbocycles. The molecule has 0 atom stereocenters. The molecule has 25 heavy (non-hydrogen) atoms. The standard InChI is InChI=1S/C20H29FN2OS/c21-19-8-4-1-5-17(19)15-23-12-9-16(10-13-23)20(24)22-11-14-25-18-6-2-3-7-18/h1,4-5,8,16,18H,2-3,6-7,9-15H2,(H,22,24). The molecule has 1 aliphatic carbocycles. The molecule has 1 aromatic rings. The first-order valence-electron chi connectivity index (χ1n) is 9.57. The second-order valence-electron chi connectivity index (χ2n) is 7.21. The molecule has 2 fully saturated rings. The third kappa shape index (κ3) is 5.71. The van der Waals surface area contributed by atoms with E-state index < -0.39 is 0 Å². The van der Waals surface area contributed by atoms with E-state index in [0.29, 0.717) is 6.54 Å². The Kier molecular flexibility index (Phi) is 7.17. The molecule has 0 aromatic heterocycles. The van der Waals surface area contributed by atoms with Gasteiger partial charge in [0, 0.05) is 35.6 Å². The van der Waals surface area contributed by atoms with Crippen LogP contribution in [0.4, 0.5) is 4.39 Å². The number of thioether (sulfide) groups is 1. The van der Waals surface area contributed by atoms with Crippen molar-refractivity contribution >= 4 is 17.7 Å². The molecule has 1 aromatic carbocycles. The Balaban J connectivity index is 1.32. The predicted molar refractivity (Wildman–Crippen MR) is 102 cm³/mol. The van der Waals surface area contributed by atoms with Gasteiger partial charge in [-0.05, 0) is 44.8 Å². The number of amides is 1. The van der Waals surface area contributed by atoms with Crippen LogP contribution >= 0.6 is 11.8 Å². The molecule has 2 aliphatic rings. The van der Waals surface area contributed by atoms with Crippen molar-refractivity contribution in [2.24, 2.45) is 5.92 Å². The third-order valence-electron chi connectivity index (χ3n) is 5.37. The summed E-state index contributed by atoms with van der Waals surface area (Å²) in [6.07, 6.45) is 7.18. The summed E-state index contributed by atoms with van der Waals surface area (Å²) in [5.74, 6) is 1.22. The van der Waals surface area contributed by atoms with Gasteiger partial charge >= 0.3 is 0 Å². The van der Waals surface area contributed by atoms with Gasteiger partial charge in [0.15, 0.2) is 0 Å². The molecule has 1 N–H and O–H groups in total. The summed E-state index contributed by atoms with van der Waals surface area (Å²) in [6.45, 7) is 3.15. The van der Waals surface area contributed by atoms with Crippen LogP contribution in [0.25, 0.3) is 0 Å². The largest absolute Gasteiger partial charge is 0.355 e. The molecule has 138 valence electrons. The minimum Gasteiger partial charge on any atom is -0.355 e. The number of carbonyl (C=O) groups excluding carboxylic acids is 1. The fourth-order valence-electron chi connectivity index (χ4n) is 3.82. The van der Waals surface area contributed by atoms with E-state index in [-0.39, 0.29) is 17.6 Å². The number of hydrogen-bond donors (Lipinski definition) is 1. The Labute approximate surface area is 154 Å². The summed E-state index contributed by atoms with van der Waals surface area (Å²) in [5.41, 5.74) is 0.745. The minimum atomic E-state index is -0.137. The van der Waals surface area contributed by atoms with Crippen molar-refractivity contribution in [2.75, 3.05) is 25.4 Å². The van der Waals surface area contributed by atoms with Gasteiger partial charge in [-0.2, -0.15) is 11.8 Å². The fourth-order valence-corrected chi connectivity index (χ4v) is 5.04. The SMILES string of the molecule is O=C(NCCSC1CCCC1)C1CCN(Cc2ccccc2F)CC1. The van der Waals surface area contributed by atoms with Gasteiger partial charge in [0.25, 0.3) is 0 Å². The van der Waals surface area contributed by atoms with Crippen LogP contribution in [0.1, 0.15) is 44.1 Å². The zero-order valence-corrected chi connectivity index (χ0v) is 15.7. The molecule has 0 spiro atoms. The number of rotatable bonds is 7. The van der Waals surface area contributed by atoms with Crippen LogP contribution in [-0.4, -0.2) is 41.4 Å². The van der Waals surface area contributed by atoms with Gasteiger partial charge < -0.3 is 5.32 Å². The van der Waals surface area contributed by atoms with Gasteiger partial charge in [-0.1, -0.05) is 31.0 Å². The highest BCUT2D eigenvalue weighted by atomic mass is 32.2. The Morgan fingerprint density at radius 3 is 2.60 bits per heavy atom. The van der Waals surface area contributed by atoms with Crippen molar-refractivity contribution < 1.29 is 9.18 Å². The van der Waals surface area contributed by atoms with E-state index in [1.54, 1.807) is 6.07 Å². The molecule has 5 heteroatoms. The van der Waals surface area contributed by atoms with Crippen molar-refractivity contribution in [3.63, 3.8) is 0 Å². The fraction of sp³-hybridized carbons (Fsp3) is 0.650. The zero-order chi connectivity index (χ0) is 17.5. The summed E-state index contributed by atoms with van der Waals surface area (Å²) >= 11 is 2.02. The third-order valence-corrected chi connectivity index (χ3v) is 6.75. The van der Waals surface area contributed by atoms with Gasteiger partial charge in [0.2, 0.25) is 5.91 Å². The van der Waals surface area contributed by atoms with Gasteiger partial charge in [-0.3, -0.25) is 9.69 Å². The van der Waals surface area contributed by atoms with E-state index in [1.807, 2.05) is 23.9 Å². The summed E-state index contributed by atoms with van der Waals surface area (Å²) in [5, 5.41) is 3.93. The molecule has 1 heterocycles. The maximum Gasteiger partial charge on any atom is 0.223 e. The van der Waals surface area contributed by atoms with Crippen LogP contribution in [0, 0.1) is 11.7 Å². The number of carbonyl (C=O) groups is 1. The second kappa shape index (κ2) is 9.58. The summed E-state index contributed by atoms with van der Waals surface area (Å²) < 4.78 is 13.7. The van der Waals surface area contributed by atoms with Crippen LogP contribution in [0.2, 0.25) is 0 Å². The molecule has 3 nitrogen and oxygen atoms in total. The highest BCUT2D eigenvalue weighted by Crippen LogP contribution is 2.29. The molecule has 0 bridgehead atoms. The molecule has 0 radical (unpaired) electrons. The maximum atomic E-state index is 13.7. The topological polar surface area (TPSA) is 32.3 Å². The zero-order valence-electron chi connectivity index (χ0n) is 14.9. The summed E-state index contributed by atoms with van der Waals surface area (Å²) in [4.78, 5) is 14.6. The number of likely N-dealkylation sites (tertiary alicyclic amines) is 1. The van der Waals surface area contributed by atoms with Crippen molar-refractivity contribution in [3.05, 3.63) is 35.6 Å². The van der Waals surface area contributed by atoms with Gasteiger partial charge in [0.1, 0.15) is 5.82 Å². The molecular formula is C20H29FN2OS. The lowest BCUT2D eigenvalue weighted by atomic mass is 9.95. The number of benzene rings is 1. The summed E-state index contributed by atoms with van der Waals surface area (Å²) in [7, 11) is 0. The van der Waals surface area contributed by atoms with Crippen molar-refractivity contribution in [2.45, 2.75) is 50.3 Å². The number of nitrogens with zero attached hydrogens (tertiary/aromatic N) is 1. The molecule has 3 rings (SSSR count). The average molecular weight is 365 g/mol. The first-order chi connectivity index (χ1) is 12.2. The highest BCUT2D eigenvalue weighted by molar-refractivity contribution is 7.99. The van der Waals surface area contributed by atoms with E-state index in [1.165, 1.54) is 31.7 Å². The Bertz CT molecular complexity index is 554. The average Bonchev–Trinajstić information content (AvgIpc) is 3.15. The highest BCUT2D eigenvalue weighted by Gasteiger charge is 2.25. The monoisotopic (exact) mass is 364 g/mol. The van der Waals surface area contributed by atoms with E-state index in [4.69, 9.17) is 0 Å². The number of piperidine rings is 1. The number of nitrogens with one attached hydrogen (secondary N) is 1. The Morgan fingerprint density at radius 1 is 1.16 bits per heavy atom. The van der Waals surface area contributed by atoms with Crippen LogP contribution in [0.15, 0.2) is 24.3 Å².